The van der Waals surface area contributed by atoms with E-state index in [-0.39, 0.29) is 5.75 Å². The van der Waals surface area contributed by atoms with Gasteiger partial charge in [0.25, 0.3) is 0 Å². The van der Waals surface area contributed by atoms with Gasteiger partial charge in [-0.05, 0) is 48.2 Å². The first-order valence-corrected chi connectivity index (χ1v) is 10.9. The molecule has 6 heteroatoms. The number of nitrogens with zero attached hydrogens (tertiary/aromatic N) is 3. The van der Waals surface area contributed by atoms with E-state index in [0.717, 1.165) is 74.6 Å². The molecular weight excluding hydrogens is 396 g/mol. The average Bonchev–Trinajstić information content (AvgIpc) is 2.77. The molecule has 1 fully saturated rings. The summed E-state index contributed by atoms with van der Waals surface area (Å²) >= 11 is 5.99. The Hall–Kier alpha value is -2.47. The van der Waals surface area contributed by atoms with Gasteiger partial charge in [-0.3, -0.25) is 4.90 Å². The SMILES string of the molecule is Oc1ccc(CCCc2nccc(-c3cccc(CN4CCNCC4)c3)n2)cc1Cl. The van der Waals surface area contributed by atoms with Gasteiger partial charge in [0.05, 0.1) is 10.7 Å². The van der Waals surface area contributed by atoms with Crippen LogP contribution in [0.2, 0.25) is 5.02 Å². The van der Waals surface area contributed by atoms with Crippen molar-refractivity contribution in [2.45, 2.75) is 25.8 Å². The summed E-state index contributed by atoms with van der Waals surface area (Å²) in [4.78, 5) is 11.7. The fourth-order valence-electron chi connectivity index (χ4n) is 3.79. The molecule has 2 heterocycles. The van der Waals surface area contributed by atoms with Crippen molar-refractivity contribution in [1.82, 2.24) is 20.2 Å². The van der Waals surface area contributed by atoms with Crippen LogP contribution in [-0.4, -0.2) is 46.2 Å². The number of aryl methyl sites for hydroxylation is 2. The third kappa shape index (κ3) is 5.57. The Morgan fingerprint density at radius 1 is 1.00 bits per heavy atom. The zero-order chi connectivity index (χ0) is 20.8. The molecule has 1 aliphatic rings. The fourth-order valence-corrected chi connectivity index (χ4v) is 4.00. The Morgan fingerprint density at radius 2 is 1.87 bits per heavy atom. The number of hydrogen-bond acceptors (Lipinski definition) is 5. The maximum absolute atomic E-state index is 9.54. The van der Waals surface area contributed by atoms with E-state index in [9.17, 15) is 5.11 Å². The number of aromatic hydroxyl groups is 1. The molecule has 0 atom stereocenters. The van der Waals surface area contributed by atoms with Crippen LogP contribution in [0.4, 0.5) is 0 Å². The van der Waals surface area contributed by atoms with Crippen molar-refractivity contribution in [2.75, 3.05) is 26.2 Å². The van der Waals surface area contributed by atoms with Crippen molar-refractivity contribution in [1.29, 1.82) is 0 Å². The molecule has 1 saturated heterocycles. The Balaban J connectivity index is 1.39. The van der Waals surface area contributed by atoms with Crippen molar-refractivity contribution < 1.29 is 5.11 Å². The molecule has 2 N–H and O–H groups in total. The number of benzene rings is 2. The van der Waals surface area contributed by atoms with E-state index in [4.69, 9.17) is 16.6 Å². The molecule has 5 nitrogen and oxygen atoms in total. The number of nitrogens with one attached hydrogen (secondary N) is 1. The van der Waals surface area contributed by atoms with E-state index in [0.29, 0.717) is 5.02 Å². The second kappa shape index (κ2) is 10.0. The highest BCUT2D eigenvalue weighted by molar-refractivity contribution is 6.32. The van der Waals surface area contributed by atoms with Gasteiger partial charge in [0, 0.05) is 50.9 Å². The highest BCUT2D eigenvalue weighted by Gasteiger charge is 2.11. The summed E-state index contributed by atoms with van der Waals surface area (Å²) in [5.74, 6) is 0.973. The maximum atomic E-state index is 9.54. The van der Waals surface area contributed by atoms with Crippen LogP contribution in [0.25, 0.3) is 11.3 Å². The molecule has 3 aromatic rings. The van der Waals surface area contributed by atoms with Crippen LogP contribution >= 0.6 is 11.6 Å². The molecule has 0 radical (unpaired) electrons. The standard InChI is InChI=1S/C24H27ClN4O/c25-21-16-18(7-8-23(21)30)3-2-6-24-27-10-9-22(28-24)20-5-1-4-19(15-20)17-29-13-11-26-12-14-29/h1,4-5,7-10,15-16,26,30H,2-3,6,11-14,17H2. The van der Waals surface area contributed by atoms with Gasteiger partial charge in [-0.15, -0.1) is 0 Å². The minimum absolute atomic E-state index is 0.121. The van der Waals surface area contributed by atoms with Gasteiger partial charge in [0.15, 0.2) is 0 Å². The minimum Gasteiger partial charge on any atom is -0.506 e. The van der Waals surface area contributed by atoms with Crippen LogP contribution in [-0.2, 0) is 19.4 Å². The lowest BCUT2D eigenvalue weighted by Gasteiger charge is -2.27. The van der Waals surface area contributed by atoms with E-state index in [2.05, 4.69) is 39.5 Å². The van der Waals surface area contributed by atoms with Crippen LogP contribution in [0.5, 0.6) is 5.75 Å². The number of rotatable bonds is 7. The van der Waals surface area contributed by atoms with E-state index in [1.54, 1.807) is 6.07 Å². The van der Waals surface area contributed by atoms with Crippen LogP contribution in [0, 0.1) is 0 Å². The summed E-state index contributed by atoms with van der Waals surface area (Å²) in [5.41, 5.74) is 4.53. The summed E-state index contributed by atoms with van der Waals surface area (Å²) in [5, 5.41) is 13.3. The first kappa shape index (κ1) is 20.8. The largest absolute Gasteiger partial charge is 0.506 e. The van der Waals surface area contributed by atoms with Gasteiger partial charge in [0.1, 0.15) is 11.6 Å². The van der Waals surface area contributed by atoms with Crippen LogP contribution in [0.1, 0.15) is 23.4 Å². The molecule has 0 amide bonds. The van der Waals surface area contributed by atoms with E-state index < -0.39 is 0 Å². The van der Waals surface area contributed by atoms with E-state index >= 15 is 0 Å². The quantitative estimate of drug-likeness (QED) is 0.600. The molecule has 0 bridgehead atoms. The van der Waals surface area contributed by atoms with Crippen molar-refractivity contribution in [2.24, 2.45) is 0 Å². The van der Waals surface area contributed by atoms with Crippen LogP contribution in [0.15, 0.2) is 54.7 Å². The van der Waals surface area contributed by atoms with Crippen LogP contribution < -0.4 is 5.32 Å². The maximum Gasteiger partial charge on any atom is 0.134 e. The summed E-state index contributed by atoms with van der Waals surface area (Å²) in [6.45, 7) is 5.28. The highest BCUT2D eigenvalue weighted by Crippen LogP contribution is 2.24. The molecule has 0 saturated carbocycles. The monoisotopic (exact) mass is 422 g/mol. The highest BCUT2D eigenvalue weighted by atomic mass is 35.5. The van der Waals surface area contributed by atoms with Gasteiger partial charge in [-0.1, -0.05) is 35.9 Å². The molecule has 0 unspecified atom stereocenters. The number of halogens is 1. The van der Waals surface area contributed by atoms with Crippen molar-refractivity contribution in [3.63, 3.8) is 0 Å². The molecule has 1 aromatic heterocycles. The Bertz CT molecular complexity index is 988. The first-order chi connectivity index (χ1) is 14.7. The molecule has 1 aliphatic heterocycles. The van der Waals surface area contributed by atoms with Crippen molar-refractivity contribution in [3.05, 3.63) is 76.7 Å². The number of hydrogen-bond donors (Lipinski definition) is 2. The molecule has 30 heavy (non-hydrogen) atoms. The topological polar surface area (TPSA) is 61.3 Å². The summed E-state index contributed by atoms with van der Waals surface area (Å²) in [6.07, 6.45) is 4.44. The minimum atomic E-state index is 0.121. The number of aromatic nitrogens is 2. The first-order valence-electron chi connectivity index (χ1n) is 10.5. The fraction of sp³-hybridized carbons (Fsp3) is 0.333. The van der Waals surface area contributed by atoms with E-state index in [1.807, 2.05) is 24.4 Å². The third-order valence-corrected chi connectivity index (χ3v) is 5.72. The van der Waals surface area contributed by atoms with Gasteiger partial charge in [-0.2, -0.15) is 0 Å². The molecule has 2 aromatic carbocycles. The predicted octanol–water partition coefficient (Wildman–Crippen LogP) is 4.08. The number of phenols is 1. The van der Waals surface area contributed by atoms with Crippen molar-refractivity contribution in [3.8, 4) is 17.0 Å². The second-order valence-electron chi connectivity index (χ2n) is 7.72. The zero-order valence-corrected chi connectivity index (χ0v) is 17.8. The van der Waals surface area contributed by atoms with E-state index in [1.165, 1.54) is 5.56 Å². The molecule has 156 valence electrons. The molecule has 4 rings (SSSR count). The lowest BCUT2D eigenvalue weighted by atomic mass is 10.1. The number of piperazine rings is 1. The zero-order valence-electron chi connectivity index (χ0n) is 17.0. The number of phenolic OH excluding ortho intramolecular Hbond substituents is 1. The lowest BCUT2D eigenvalue weighted by Crippen LogP contribution is -2.42. The Morgan fingerprint density at radius 3 is 2.70 bits per heavy atom. The molecule has 0 aliphatic carbocycles. The lowest BCUT2D eigenvalue weighted by molar-refractivity contribution is 0.233. The predicted molar refractivity (Wildman–Crippen MR) is 121 cm³/mol. The average molecular weight is 423 g/mol. The van der Waals surface area contributed by atoms with Gasteiger partial charge < -0.3 is 10.4 Å². The van der Waals surface area contributed by atoms with Crippen molar-refractivity contribution >= 4 is 11.6 Å². The third-order valence-electron chi connectivity index (χ3n) is 5.42. The Labute approximate surface area is 182 Å². The van der Waals surface area contributed by atoms with Gasteiger partial charge in [-0.25, -0.2) is 9.97 Å². The summed E-state index contributed by atoms with van der Waals surface area (Å²) in [6, 6.07) is 16.0. The molecule has 0 spiro atoms. The summed E-state index contributed by atoms with van der Waals surface area (Å²) in [7, 11) is 0. The van der Waals surface area contributed by atoms with Gasteiger partial charge >= 0.3 is 0 Å². The normalized spacial score (nSPS) is 14.7. The smallest absolute Gasteiger partial charge is 0.134 e. The second-order valence-corrected chi connectivity index (χ2v) is 8.13. The van der Waals surface area contributed by atoms with Gasteiger partial charge in [0.2, 0.25) is 0 Å². The Kier molecular flexibility index (Phi) is 6.95. The van der Waals surface area contributed by atoms with Crippen LogP contribution in [0.3, 0.4) is 0 Å². The molecular formula is C24H27ClN4O. The summed E-state index contributed by atoms with van der Waals surface area (Å²) < 4.78 is 0.